The average Bonchev–Trinajstić information content (AvgIpc) is 3.49. The summed E-state index contributed by atoms with van der Waals surface area (Å²) in [5, 5.41) is 14.4. The number of esters is 1. The quantitative estimate of drug-likeness (QED) is 0.185. The third-order valence-electron chi connectivity index (χ3n) is 6.47. The molecule has 4 rings (SSSR count). The fourth-order valence-electron chi connectivity index (χ4n) is 4.12. The van der Waals surface area contributed by atoms with Crippen molar-refractivity contribution in [2.45, 2.75) is 45.9 Å². The van der Waals surface area contributed by atoms with Crippen LogP contribution in [0.2, 0.25) is 0 Å². The Balaban J connectivity index is 1.45. The standard InChI is InChI=1S/C29H32N4O4S2/c1-16-8-9-18(3)22(12-16)23-14-38-27(25(23)28(35)36-7)30-24(34)15-39-29-32-31-26(33(29)6)20(5)37-21-11-10-17(2)19(4)13-21/h8-14,20H,15H2,1-7H3,(H,30,34). The van der Waals surface area contributed by atoms with Gasteiger partial charge in [-0.1, -0.05) is 41.6 Å². The third-order valence-corrected chi connectivity index (χ3v) is 8.39. The minimum Gasteiger partial charge on any atom is -0.483 e. The topological polar surface area (TPSA) is 95.3 Å². The largest absolute Gasteiger partial charge is 0.483 e. The summed E-state index contributed by atoms with van der Waals surface area (Å²) < 4.78 is 13.0. The second-order valence-electron chi connectivity index (χ2n) is 9.41. The number of rotatable bonds is 9. The maximum atomic E-state index is 12.9. The molecule has 1 unspecified atom stereocenters. The molecule has 1 atom stereocenters. The van der Waals surface area contributed by atoms with Gasteiger partial charge in [-0.15, -0.1) is 21.5 Å². The van der Waals surface area contributed by atoms with Gasteiger partial charge >= 0.3 is 5.97 Å². The molecule has 2 aromatic carbocycles. The summed E-state index contributed by atoms with van der Waals surface area (Å²) in [6, 6.07) is 12.0. The molecule has 1 amide bonds. The first-order valence-electron chi connectivity index (χ1n) is 12.4. The number of carbonyl (C=O) groups excluding carboxylic acids is 2. The van der Waals surface area contributed by atoms with Crippen LogP contribution in [0.15, 0.2) is 46.9 Å². The van der Waals surface area contributed by atoms with Crippen molar-refractivity contribution in [3.05, 3.63) is 75.4 Å². The Morgan fingerprint density at radius 2 is 1.77 bits per heavy atom. The maximum Gasteiger partial charge on any atom is 0.341 e. The van der Waals surface area contributed by atoms with Crippen molar-refractivity contribution in [1.29, 1.82) is 0 Å². The minimum atomic E-state index is -0.495. The lowest BCUT2D eigenvalue weighted by Crippen LogP contribution is -2.16. The Hall–Kier alpha value is -3.63. The van der Waals surface area contributed by atoms with E-state index in [1.54, 1.807) is 0 Å². The summed E-state index contributed by atoms with van der Waals surface area (Å²) in [5.74, 6) is 0.755. The van der Waals surface area contributed by atoms with E-state index in [1.807, 2.05) is 81.1 Å². The predicted octanol–water partition coefficient (Wildman–Crippen LogP) is 6.43. The van der Waals surface area contributed by atoms with Crippen molar-refractivity contribution in [3.63, 3.8) is 0 Å². The third kappa shape index (κ3) is 6.34. The molecular weight excluding hydrogens is 532 g/mol. The van der Waals surface area contributed by atoms with Gasteiger partial charge in [-0.05, 0) is 69.0 Å². The van der Waals surface area contributed by atoms with Gasteiger partial charge in [0, 0.05) is 18.0 Å². The number of methoxy groups -OCH3 is 1. The van der Waals surface area contributed by atoms with E-state index in [1.165, 1.54) is 35.8 Å². The number of aromatic nitrogens is 3. The first kappa shape index (κ1) is 28.4. The second kappa shape index (κ2) is 12.0. The van der Waals surface area contributed by atoms with Gasteiger partial charge in [-0.2, -0.15) is 0 Å². The van der Waals surface area contributed by atoms with Gasteiger partial charge in [0.25, 0.3) is 0 Å². The van der Waals surface area contributed by atoms with Crippen LogP contribution in [-0.2, 0) is 16.6 Å². The number of thioether (sulfide) groups is 1. The number of amides is 1. The van der Waals surface area contributed by atoms with Gasteiger partial charge in [0.15, 0.2) is 17.1 Å². The monoisotopic (exact) mass is 564 g/mol. The van der Waals surface area contributed by atoms with Gasteiger partial charge in [0.1, 0.15) is 16.3 Å². The van der Waals surface area contributed by atoms with Crippen molar-refractivity contribution >= 4 is 40.0 Å². The normalized spacial score (nSPS) is 11.8. The molecule has 4 aromatic rings. The first-order valence-corrected chi connectivity index (χ1v) is 14.3. The van der Waals surface area contributed by atoms with Crippen LogP contribution >= 0.6 is 23.1 Å². The summed E-state index contributed by atoms with van der Waals surface area (Å²) in [6.07, 6.45) is -0.329. The Bertz CT molecular complexity index is 1530. The van der Waals surface area contributed by atoms with Crippen LogP contribution in [0.5, 0.6) is 5.75 Å². The number of nitrogens with one attached hydrogen (secondary N) is 1. The molecule has 0 aliphatic rings. The molecule has 0 aliphatic heterocycles. The molecule has 2 aromatic heterocycles. The maximum absolute atomic E-state index is 12.9. The lowest BCUT2D eigenvalue weighted by atomic mass is 9.97. The van der Waals surface area contributed by atoms with Gasteiger partial charge in [0.2, 0.25) is 5.91 Å². The van der Waals surface area contributed by atoms with E-state index in [-0.39, 0.29) is 17.8 Å². The molecule has 0 spiro atoms. The van der Waals surface area contributed by atoms with Gasteiger partial charge < -0.3 is 19.4 Å². The number of benzene rings is 2. The van der Waals surface area contributed by atoms with E-state index in [0.29, 0.717) is 21.5 Å². The zero-order valence-electron chi connectivity index (χ0n) is 23.1. The average molecular weight is 565 g/mol. The number of thiophene rings is 1. The number of anilines is 1. The van der Waals surface area contributed by atoms with Gasteiger partial charge in [-0.25, -0.2) is 4.79 Å². The number of hydrogen-bond donors (Lipinski definition) is 1. The van der Waals surface area contributed by atoms with Crippen LogP contribution in [0.25, 0.3) is 11.1 Å². The first-order chi connectivity index (χ1) is 18.6. The lowest BCUT2D eigenvalue weighted by molar-refractivity contribution is -0.113. The molecule has 204 valence electrons. The summed E-state index contributed by atoms with van der Waals surface area (Å²) in [4.78, 5) is 25.6. The van der Waals surface area contributed by atoms with E-state index in [9.17, 15) is 9.59 Å². The van der Waals surface area contributed by atoms with Gasteiger partial charge in [-0.3, -0.25) is 4.79 Å². The molecule has 1 N–H and O–H groups in total. The van der Waals surface area contributed by atoms with Gasteiger partial charge in [0.05, 0.1) is 12.9 Å². The number of ether oxygens (including phenoxy) is 2. The Labute approximate surface area is 236 Å². The fraction of sp³-hybridized carbons (Fsp3) is 0.310. The van der Waals surface area contributed by atoms with Crippen molar-refractivity contribution in [2.75, 3.05) is 18.2 Å². The SMILES string of the molecule is COC(=O)c1c(-c2cc(C)ccc2C)csc1NC(=O)CSc1nnc(C(C)Oc2ccc(C)c(C)c2)n1C. The molecule has 39 heavy (non-hydrogen) atoms. The molecule has 0 bridgehead atoms. The molecular formula is C29H32N4O4S2. The van der Waals surface area contributed by atoms with E-state index in [0.717, 1.165) is 33.6 Å². The minimum absolute atomic E-state index is 0.0929. The smallest absolute Gasteiger partial charge is 0.341 e. The number of nitrogens with zero attached hydrogens (tertiary/aromatic N) is 3. The van der Waals surface area contributed by atoms with Crippen LogP contribution in [0.1, 0.15) is 51.5 Å². The predicted molar refractivity (Wildman–Crippen MR) is 156 cm³/mol. The molecule has 0 fully saturated rings. The Kier molecular flexibility index (Phi) is 8.76. The molecule has 8 nitrogen and oxygen atoms in total. The molecule has 0 saturated carbocycles. The van der Waals surface area contributed by atoms with Crippen LogP contribution in [-0.4, -0.2) is 39.5 Å². The highest BCUT2D eigenvalue weighted by molar-refractivity contribution is 7.99. The highest BCUT2D eigenvalue weighted by Gasteiger charge is 2.24. The molecule has 0 radical (unpaired) electrons. The number of hydrogen-bond acceptors (Lipinski definition) is 8. The molecule has 2 heterocycles. The van der Waals surface area contributed by atoms with Crippen molar-refractivity contribution in [2.24, 2.45) is 7.05 Å². The van der Waals surface area contributed by atoms with Crippen molar-refractivity contribution in [3.8, 4) is 16.9 Å². The molecule has 10 heteroatoms. The lowest BCUT2D eigenvalue weighted by Gasteiger charge is -2.15. The summed E-state index contributed by atoms with van der Waals surface area (Å²) >= 11 is 2.56. The second-order valence-corrected chi connectivity index (χ2v) is 11.2. The van der Waals surface area contributed by atoms with Crippen LogP contribution in [0, 0.1) is 27.7 Å². The Morgan fingerprint density at radius 3 is 2.49 bits per heavy atom. The van der Waals surface area contributed by atoms with Crippen molar-refractivity contribution in [1.82, 2.24) is 14.8 Å². The highest BCUT2D eigenvalue weighted by Crippen LogP contribution is 2.38. The summed E-state index contributed by atoms with van der Waals surface area (Å²) in [5.41, 5.74) is 6.50. The van der Waals surface area contributed by atoms with Crippen LogP contribution in [0.3, 0.4) is 0 Å². The zero-order chi connectivity index (χ0) is 28.3. The summed E-state index contributed by atoms with van der Waals surface area (Å²) in [6.45, 7) is 10.0. The van der Waals surface area contributed by atoms with E-state index < -0.39 is 5.97 Å². The van der Waals surface area contributed by atoms with Crippen LogP contribution in [0.4, 0.5) is 5.00 Å². The fourth-order valence-corrected chi connectivity index (χ4v) is 5.80. The van der Waals surface area contributed by atoms with E-state index in [4.69, 9.17) is 9.47 Å². The van der Waals surface area contributed by atoms with E-state index in [2.05, 4.69) is 22.4 Å². The number of carbonyl (C=O) groups is 2. The summed E-state index contributed by atoms with van der Waals surface area (Å²) in [7, 11) is 3.19. The van der Waals surface area contributed by atoms with E-state index >= 15 is 0 Å². The molecule has 0 aliphatic carbocycles. The molecule has 0 saturated heterocycles. The van der Waals surface area contributed by atoms with Crippen molar-refractivity contribution < 1.29 is 19.1 Å². The Morgan fingerprint density at radius 1 is 1.03 bits per heavy atom. The number of aryl methyl sites for hydroxylation is 4. The highest BCUT2D eigenvalue weighted by atomic mass is 32.2. The van der Waals surface area contributed by atoms with Crippen LogP contribution < -0.4 is 10.1 Å². The zero-order valence-corrected chi connectivity index (χ0v) is 24.8.